The van der Waals surface area contributed by atoms with Gasteiger partial charge in [0.1, 0.15) is 0 Å². The van der Waals surface area contributed by atoms with Gasteiger partial charge in [0.15, 0.2) is 5.82 Å². The maximum atomic E-state index is 10.5. The maximum Gasteiger partial charge on any atom is 0.274 e. The third kappa shape index (κ3) is 3.69. The summed E-state index contributed by atoms with van der Waals surface area (Å²) < 4.78 is 5.29. The number of hydrogen-bond acceptors (Lipinski definition) is 5. The van der Waals surface area contributed by atoms with E-state index in [-0.39, 0.29) is 0 Å². The molecule has 1 rings (SSSR count). The predicted molar refractivity (Wildman–Crippen MR) is 60.3 cm³/mol. The first-order valence-corrected chi connectivity index (χ1v) is 5.32. The van der Waals surface area contributed by atoms with E-state index in [1.54, 1.807) is 19.0 Å². The molecular weight excluding hydrogens is 210 g/mol. The largest absolute Gasteiger partial charge is 0.381 e. The van der Waals surface area contributed by atoms with Gasteiger partial charge in [-0.15, -0.1) is 0 Å². The number of nitro groups is 1. The second-order valence-electron chi connectivity index (χ2n) is 4.28. The Morgan fingerprint density at radius 2 is 2.25 bits per heavy atom. The Kier molecular flexibility index (Phi) is 4.54. The molecule has 6 heteroatoms. The number of rotatable bonds is 5. The fraction of sp³-hybridized carbons (Fsp3) is 0.800. The number of ether oxygens (including phenoxy) is 1. The summed E-state index contributed by atoms with van der Waals surface area (Å²) in [5.41, 5.74) is 0. The zero-order valence-electron chi connectivity index (χ0n) is 10.0. The maximum absolute atomic E-state index is 10.5. The van der Waals surface area contributed by atoms with Gasteiger partial charge in [-0.25, -0.2) is 0 Å². The molecule has 0 aromatic rings. The van der Waals surface area contributed by atoms with Gasteiger partial charge in [-0.1, -0.05) is 0 Å². The van der Waals surface area contributed by atoms with Gasteiger partial charge in [0.05, 0.1) is 11.5 Å². The van der Waals surface area contributed by atoms with Crippen molar-refractivity contribution >= 4 is 0 Å². The molecule has 1 heterocycles. The van der Waals surface area contributed by atoms with E-state index >= 15 is 0 Å². The minimum absolute atomic E-state index is 0.420. The highest BCUT2D eigenvalue weighted by molar-refractivity contribution is 4.93. The molecule has 1 aliphatic rings. The summed E-state index contributed by atoms with van der Waals surface area (Å²) in [7, 11) is 5.47. The Balaban J connectivity index is 2.59. The first-order chi connectivity index (χ1) is 7.50. The summed E-state index contributed by atoms with van der Waals surface area (Å²) >= 11 is 0. The first-order valence-electron chi connectivity index (χ1n) is 5.32. The molecule has 1 aliphatic heterocycles. The van der Waals surface area contributed by atoms with Gasteiger partial charge in [-0.2, -0.15) is 0 Å². The van der Waals surface area contributed by atoms with Crippen molar-refractivity contribution in [2.45, 2.75) is 6.42 Å². The quantitative estimate of drug-likeness (QED) is 0.510. The molecule has 0 bridgehead atoms. The monoisotopic (exact) mass is 229 g/mol. The molecule has 0 saturated carbocycles. The summed E-state index contributed by atoms with van der Waals surface area (Å²) in [6.07, 6.45) is 2.07. The summed E-state index contributed by atoms with van der Waals surface area (Å²) in [5.74, 6) is 1.08. The highest BCUT2D eigenvalue weighted by Gasteiger charge is 2.20. The van der Waals surface area contributed by atoms with Crippen molar-refractivity contribution in [3.05, 3.63) is 22.1 Å². The number of hydrogen-bond donors (Lipinski definition) is 0. The molecule has 1 atom stereocenters. The van der Waals surface area contributed by atoms with Gasteiger partial charge in [0, 0.05) is 40.2 Å². The van der Waals surface area contributed by atoms with Crippen molar-refractivity contribution in [1.29, 1.82) is 0 Å². The van der Waals surface area contributed by atoms with Crippen molar-refractivity contribution in [2.24, 2.45) is 5.92 Å². The second-order valence-corrected chi connectivity index (χ2v) is 4.28. The Labute approximate surface area is 95.6 Å². The molecule has 0 N–H and O–H groups in total. The molecule has 1 unspecified atom stereocenters. The van der Waals surface area contributed by atoms with Crippen LogP contribution in [0.25, 0.3) is 0 Å². The first kappa shape index (κ1) is 12.8. The molecule has 92 valence electrons. The van der Waals surface area contributed by atoms with Crippen LogP contribution in [0.1, 0.15) is 6.42 Å². The molecule has 0 spiro atoms. The summed E-state index contributed by atoms with van der Waals surface area (Å²) in [5, 5.41) is 10.5. The smallest absolute Gasteiger partial charge is 0.274 e. The van der Waals surface area contributed by atoms with Gasteiger partial charge in [-0.3, -0.25) is 10.1 Å². The van der Waals surface area contributed by atoms with Gasteiger partial charge in [0.25, 0.3) is 6.20 Å². The number of nitrogens with zero attached hydrogens (tertiary/aromatic N) is 3. The molecule has 0 aromatic carbocycles. The van der Waals surface area contributed by atoms with E-state index < -0.39 is 4.92 Å². The molecule has 16 heavy (non-hydrogen) atoms. The summed E-state index contributed by atoms with van der Waals surface area (Å²) in [6.45, 7) is 2.34. The topological polar surface area (TPSA) is 58.8 Å². The molecule has 0 amide bonds. The summed E-state index contributed by atoms with van der Waals surface area (Å²) in [4.78, 5) is 13.7. The minimum atomic E-state index is -0.420. The predicted octanol–water partition coefficient (Wildman–Crippen LogP) is 0.592. The van der Waals surface area contributed by atoms with Crippen molar-refractivity contribution in [3.8, 4) is 0 Å². The van der Waals surface area contributed by atoms with Crippen molar-refractivity contribution < 1.29 is 9.66 Å². The fourth-order valence-electron chi connectivity index (χ4n) is 1.86. The van der Waals surface area contributed by atoms with E-state index in [9.17, 15) is 10.1 Å². The van der Waals surface area contributed by atoms with E-state index in [1.807, 2.05) is 11.9 Å². The Morgan fingerprint density at radius 3 is 2.69 bits per heavy atom. The molecular formula is C10H19N3O3. The minimum Gasteiger partial charge on any atom is -0.381 e. The Morgan fingerprint density at radius 1 is 1.56 bits per heavy atom. The van der Waals surface area contributed by atoms with Crippen LogP contribution in [0, 0.1) is 16.0 Å². The van der Waals surface area contributed by atoms with Crippen molar-refractivity contribution in [3.63, 3.8) is 0 Å². The highest BCUT2D eigenvalue weighted by Crippen LogP contribution is 2.16. The van der Waals surface area contributed by atoms with Crippen LogP contribution in [0.15, 0.2) is 12.0 Å². The molecule has 0 radical (unpaired) electrons. The lowest BCUT2D eigenvalue weighted by atomic mass is 10.1. The van der Waals surface area contributed by atoms with E-state index in [2.05, 4.69) is 0 Å². The van der Waals surface area contributed by atoms with Gasteiger partial charge < -0.3 is 14.5 Å². The highest BCUT2D eigenvalue weighted by atomic mass is 16.6. The van der Waals surface area contributed by atoms with Crippen LogP contribution in [-0.2, 0) is 4.74 Å². The zero-order valence-corrected chi connectivity index (χ0v) is 10.0. The van der Waals surface area contributed by atoms with Gasteiger partial charge in [-0.05, 0) is 6.42 Å². The zero-order chi connectivity index (χ0) is 12.1. The van der Waals surface area contributed by atoms with Crippen LogP contribution in [0.2, 0.25) is 0 Å². The standard InChI is InChI=1S/C10H19N3O3/c1-11(2)10(7-13(14)15)12(3)6-9-4-5-16-8-9/h7,9H,4-6,8H2,1-3H3/b10-7+. The van der Waals surface area contributed by atoms with Gasteiger partial charge in [0.2, 0.25) is 0 Å². The Bertz CT molecular complexity index is 272. The fourth-order valence-corrected chi connectivity index (χ4v) is 1.86. The third-order valence-electron chi connectivity index (χ3n) is 2.63. The SMILES string of the molecule is CN(C)/C(=C\[N+](=O)[O-])N(C)CC1CCOC1. The second kappa shape index (κ2) is 5.69. The lowest BCUT2D eigenvalue weighted by Gasteiger charge is -2.27. The molecule has 1 saturated heterocycles. The molecule has 1 fully saturated rings. The van der Waals surface area contributed by atoms with Crippen LogP contribution in [0.5, 0.6) is 0 Å². The van der Waals surface area contributed by atoms with Crippen LogP contribution in [0.4, 0.5) is 0 Å². The van der Waals surface area contributed by atoms with E-state index in [0.717, 1.165) is 32.4 Å². The molecule has 0 aromatic heterocycles. The van der Waals surface area contributed by atoms with Crippen LogP contribution >= 0.6 is 0 Å². The third-order valence-corrected chi connectivity index (χ3v) is 2.63. The average Bonchev–Trinajstić information content (AvgIpc) is 2.65. The molecule has 0 aliphatic carbocycles. The van der Waals surface area contributed by atoms with Crippen LogP contribution in [0.3, 0.4) is 0 Å². The summed E-state index contributed by atoms with van der Waals surface area (Å²) in [6, 6.07) is 0. The van der Waals surface area contributed by atoms with Crippen LogP contribution in [-0.4, -0.2) is 55.6 Å². The van der Waals surface area contributed by atoms with Crippen molar-refractivity contribution in [2.75, 3.05) is 40.9 Å². The lowest BCUT2D eigenvalue weighted by Crippen LogP contribution is -2.32. The normalized spacial score (nSPS) is 20.9. The van der Waals surface area contributed by atoms with E-state index in [1.165, 1.54) is 0 Å². The molecule has 6 nitrogen and oxygen atoms in total. The van der Waals surface area contributed by atoms with E-state index in [4.69, 9.17) is 4.74 Å². The van der Waals surface area contributed by atoms with Crippen LogP contribution < -0.4 is 0 Å². The Hall–Kier alpha value is -1.30. The van der Waals surface area contributed by atoms with E-state index in [0.29, 0.717) is 11.7 Å². The van der Waals surface area contributed by atoms with Gasteiger partial charge >= 0.3 is 0 Å². The lowest BCUT2D eigenvalue weighted by molar-refractivity contribution is -0.405. The van der Waals surface area contributed by atoms with Crippen molar-refractivity contribution in [1.82, 2.24) is 9.80 Å². The average molecular weight is 229 g/mol.